The molecule has 0 bridgehead atoms. The Balaban J connectivity index is 1.65. The van der Waals surface area contributed by atoms with Crippen LogP contribution in [0.3, 0.4) is 0 Å². The molecule has 1 aliphatic rings. The van der Waals surface area contributed by atoms with E-state index in [0.29, 0.717) is 47.5 Å². The van der Waals surface area contributed by atoms with Crippen molar-refractivity contribution in [1.29, 1.82) is 0 Å². The second-order valence-electron chi connectivity index (χ2n) is 8.79. The number of anilines is 2. The number of hydrogen-bond acceptors (Lipinski definition) is 5. The molecule has 0 atom stereocenters. The molecule has 5 rings (SSSR count). The zero-order valence-corrected chi connectivity index (χ0v) is 20.2. The number of amides is 2. The zero-order chi connectivity index (χ0) is 26.3. The van der Waals surface area contributed by atoms with E-state index < -0.39 is 17.5 Å². The number of hydrogen-bond donors (Lipinski definition) is 3. The van der Waals surface area contributed by atoms with Crippen molar-refractivity contribution in [3.63, 3.8) is 0 Å². The highest BCUT2D eigenvalue weighted by atomic mass is 19.1. The van der Waals surface area contributed by atoms with Crippen molar-refractivity contribution in [3.8, 4) is 16.9 Å². The number of rotatable bonds is 5. The highest BCUT2D eigenvalue weighted by Gasteiger charge is 2.30. The Bertz CT molecular complexity index is 1560. The third-order valence-corrected chi connectivity index (χ3v) is 6.36. The summed E-state index contributed by atoms with van der Waals surface area (Å²) in [4.78, 5) is 29.8. The Hall–Kier alpha value is -4.60. The van der Waals surface area contributed by atoms with Crippen LogP contribution in [0.1, 0.15) is 44.5 Å². The molecule has 10 heteroatoms. The second-order valence-corrected chi connectivity index (χ2v) is 8.79. The van der Waals surface area contributed by atoms with Crippen molar-refractivity contribution in [1.82, 2.24) is 20.1 Å². The molecule has 0 saturated heterocycles. The number of benzene rings is 2. The van der Waals surface area contributed by atoms with Gasteiger partial charge in [-0.2, -0.15) is 5.10 Å². The van der Waals surface area contributed by atoms with Gasteiger partial charge < -0.3 is 16.4 Å². The maximum Gasteiger partial charge on any atom is 0.272 e. The van der Waals surface area contributed by atoms with Crippen LogP contribution in [0.15, 0.2) is 48.8 Å². The van der Waals surface area contributed by atoms with Crippen LogP contribution in [-0.4, -0.2) is 33.1 Å². The van der Waals surface area contributed by atoms with Crippen LogP contribution in [0.2, 0.25) is 0 Å². The van der Waals surface area contributed by atoms with Gasteiger partial charge in [0, 0.05) is 53.4 Å². The van der Waals surface area contributed by atoms with Crippen molar-refractivity contribution in [2.75, 3.05) is 17.6 Å². The summed E-state index contributed by atoms with van der Waals surface area (Å²) in [6.07, 6.45) is 4.24. The summed E-state index contributed by atoms with van der Waals surface area (Å²) in [6, 6.07) is 8.90. The van der Waals surface area contributed by atoms with E-state index in [9.17, 15) is 14.0 Å². The predicted molar refractivity (Wildman–Crippen MR) is 136 cm³/mol. The minimum Gasteiger partial charge on any atom is -0.396 e. The van der Waals surface area contributed by atoms with Crippen LogP contribution in [0.5, 0.6) is 0 Å². The molecule has 37 heavy (non-hydrogen) atoms. The molecule has 4 aromatic rings. The average molecular weight is 503 g/mol. The number of nitrogens with two attached hydrogens (primary N) is 1. The van der Waals surface area contributed by atoms with Crippen molar-refractivity contribution in [3.05, 3.63) is 88.4 Å². The lowest BCUT2D eigenvalue weighted by Crippen LogP contribution is -2.24. The van der Waals surface area contributed by atoms with Gasteiger partial charge in [0.05, 0.1) is 11.4 Å². The number of pyridine rings is 1. The third kappa shape index (κ3) is 4.31. The number of aromatic nitrogens is 3. The topological polar surface area (TPSA) is 115 Å². The summed E-state index contributed by atoms with van der Waals surface area (Å²) >= 11 is 0. The van der Waals surface area contributed by atoms with E-state index in [1.54, 1.807) is 44.4 Å². The summed E-state index contributed by atoms with van der Waals surface area (Å²) in [6.45, 7) is 3.96. The van der Waals surface area contributed by atoms with Gasteiger partial charge in [0.1, 0.15) is 11.5 Å². The van der Waals surface area contributed by atoms with Gasteiger partial charge in [0.25, 0.3) is 11.8 Å². The Morgan fingerprint density at radius 1 is 1.08 bits per heavy atom. The number of carbonyl (C=O) groups excluding carboxylic acids is 2. The molecule has 1 aliphatic carbocycles. The van der Waals surface area contributed by atoms with Gasteiger partial charge in [-0.15, -0.1) is 0 Å². The average Bonchev–Trinajstić information content (AvgIpc) is 3.26. The Labute approximate surface area is 211 Å². The van der Waals surface area contributed by atoms with E-state index in [-0.39, 0.29) is 23.0 Å². The molecular weight excluding hydrogens is 478 g/mol. The molecule has 188 valence electrons. The fourth-order valence-electron chi connectivity index (χ4n) is 4.56. The maximum atomic E-state index is 15.0. The summed E-state index contributed by atoms with van der Waals surface area (Å²) in [7, 11) is 0. The van der Waals surface area contributed by atoms with Crippen molar-refractivity contribution in [2.45, 2.75) is 26.7 Å². The van der Waals surface area contributed by atoms with Crippen LogP contribution < -0.4 is 16.4 Å². The van der Waals surface area contributed by atoms with Crippen LogP contribution in [0.25, 0.3) is 16.9 Å². The minimum absolute atomic E-state index is 0.140. The molecule has 0 saturated carbocycles. The first-order valence-electron chi connectivity index (χ1n) is 11.8. The zero-order valence-electron chi connectivity index (χ0n) is 20.2. The summed E-state index contributed by atoms with van der Waals surface area (Å²) in [5.41, 5.74) is 9.55. The van der Waals surface area contributed by atoms with Crippen molar-refractivity contribution < 1.29 is 18.4 Å². The number of aryl methyl sites for hydroxylation is 2. The van der Waals surface area contributed by atoms with Crippen LogP contribution in [0, 0.1) is 18.6 Å². The highest BCUT2D eigenvalue weighted by molar-refractivity contribution is 6.05. The normalized spacial score (nSPS) is 12.0. The van der Waals surface area contributed by atoms with Crippen LogP contribution in [-0.2, 0) is 12.8 Å². The molecule has 0 unspecified atom stereocenters. The molecule has 2 heterocycles. The van der Waals surface area contributed by atoms with E-state index >= 15 is 4.39 Å². The molecule has 0 fully saturated rings. The number of halogens is 2. The maximum absolute atomic E-state index is 15.0. The van der Waals surface area contributed by atoms with Gasteiger partial charge >= 0.3 is 0 Å². The fraction of sp³-hybridized carbons (Fsp3) is 0.185. The largest absolute Gasteiger partial charge is 0.396 e. The summed E-state index contributed by atoms with van der Waals surface area (Å²) in [5, 5.41) is 10.0. The molecule has 2 aromatic carbocycles. The van der Waals surface area contributed by atoms with Crippen LogP contribution >= 0.6 is 0 Å². The fourth-order valence-corrected chi connectivity index (χ4v) is 4.56. The predicted octanol–water partition coefficient (Wildman–Crippen LogP) is 4.20. The van der Waals surface area contributed by atoms with E-state index in [0.717, 1.165) is 23.3 Å². The molecule has 2 amide bonds. The number of nitrogen functional groups attached to an aromatic ring is 1. The lowest BCUT2D eigenvalue weighted by atomic mass is 9.88. The minimum atomic E-state index is -0.801. The highest BCUT2D eigenvalue weighted by Crippen LogP contribution is 2.39. The van der Waals surface area contributed by atoms with E-state index in [2.05, 4.69) is 20.7 Å². The van der Waals surface area contributed by atoms with Crippen LogP contribution in [0.4, 0.5) is 20.2 Å². The van der Waals surface area contributed by atoms with Gasteiger partial charge in [0.15, 0.2) is 11.5 Å². The number of carbonyl (C=O) groups is 2. The second kappa shape index (κ2) is 9.45. The number of fused-ring (bicyclic) bond motifs is 3. The van der Waals surface area contributed by atoms with Gasteiger partial charge in [-0.3, -0.25) is 14.6 Å². The number of nitrogens with zero attached hydrogens (tertiary/aromatic N) is 3. The third-order valence-electron chi connectivity index (χ3n) is 6.36. The Morgan fingerprint density at radius 2 is 1.89 bits per heavy atom. The first-order valence-corrected chi connectivity index (χ1v) is 11.8. The Kier molecular flexibility index (Phi) is 6.16. The summed E-state index contributed by atoms with van der Waals surface area (Å²) < 4.78 is 30.7. The Morgan fingerprint density at radius 3 is 2.65 bits per heavy atom. The van der Waals surface area contributed by atoms with Gasteiger partial charge in [-0.05, 0) is 56.0 Å². The molecule has 0 spiro atoms. The molecule has 8 nitrogen and oxygen atoms in total. The monoisotopic (exact) mass is 502 g/mol. The van der Waals surface area contributed by atoms with E-state index in [1.807, 2.05) is 6.07 Å². The molecular formula is C27H24F2N6O2. The molecule has 2 aromatic heterocycles. The summed E-state index contributed by atoms with van der Waals surface area (Å²) in [5.74, 6) is -2.30. The van der Waals surface area contributed by atoms with Crippen molar-refractivity contribution >= 4 is 23.2 Å². The lowest BCUT2D eigenvalue weighted by molar-refractivity contribution is 0.0948. The number of nitrogens with one attached hydrogen (secondary N) is 2. The SMILES string of the molecule is CCNC(=O)c1nn(-c2cc(F)c(N)cc2F)c2c1CCc1ccc(NC(=O)c3ccncc3C)cc1-2. The lowest BCUT2D eigenvalue weighted by Gasteiger charge is -2.20. The van der Waals surface area contributed by atoms with Gasteiger partial charge in [0.2, 0.25) is 0 Å². The van der Waals surface area contributed by atoms with Gasteiger partial charge in [-0.1, -0.05) is 6.07 Å². The molecule has 0 radical (unpaired) electrons. The molecule has 4 N–H and O–H groups in total. The first-order chi connectivity index (χ1) is 17.8. The standard InChI is InChI=1S/C27H24F2N6O2/c1-3-32-27(37)24-18-7-5-15-4-6-16(33-26(36)17-8-9-31-13-14(17)2)10-19(15)25(18)35(34-24)23-12-20(28)22(30)11-21(23)29/h4,6,8-13H,3,5,7,30H2,1-2H3,(H,32,37)(H,33,36). The van der Waals surface area contributed by atoms with E-state index in [1.165, 1.54) is 4.68 Å². The van der Waals surface area contributed by atoms with E-state index in [4.69, 9.17) is 5.73 Å². The quantitative estimate of drug-likeness (QED) is 0.354. The molecule has 0 aliphatic heterocycles. The smallest absolute Gasteiger partial charge is 0.272 e. The van der Waals surface area contributed by atoms with Crippen molar-refractivity contribution in [2.24, 2.45) is 0 Å². The van der Waals surface area contributed by atoms with Gasteiger partial charge in [-0.25, -0.2) is 13.5 Å². The first kappa shape index (κ1) is 24.1.